The lowest BCUT2D eigenvalue weighted by atomic mass is 10.00. The second kappa shape index (κ2) is 7.76. The standard InChI is InChI=1S/C25H24ClF2N3O2/c26-17-11-18(27)16(10-19(17)28)23(13-3-4-13)30-24(32)22-9-15-8-21(15)31(22)25(33)20-7-14(5-6-29-20)12-1-2-12/h5-7,10-13,15,21-23H,1-4,8-9H2,(H,30,32)/t15-,21-,22-,23-/m1/s1. The minimum absolute atomic E-state index is 0.0426. The lowest BCUT2D eigenvalue weighted by Crippen LogP contribution is -2.49. The number of benzene rings is 1. The number of piperidine rings is 1. The average Bonchev–Trinajstić information content (AvgIpc) is 3.66. The summed E-state index contributed by atoms with van der Waals surface area (Å²) in [5.74, 6) is -1.05. The third-order valence-corrected chi connectivity index (χ3v) is 7.75. The van der Waals surface area contributed by atoms with Gasteiger partial charge in [-0.15, -0.1) is 0 Å². The molecule has 6 rings (SSSR count). The van der Waals surface area contributed by atoms with E-state index in [0.29, 0.717) is 24.0 Å². The molecule has 4 fully saturated rings. The summed E-state index contributed by atoms with van der Waals surface area (Å²) in [6, 6.07) is 4.59. The van der Waals surface area contributed by atoms with Crippen LogP contribution in [-0.4, -0.2) is 33.8 Å². The summed E-state index contributed by atoms with van der Waals surface area (Å²) in [6.45, 7) is 0. The molecule has 33 heavy (non-hydrogen) atoms. The van der Waals surface area contributed by atoms with Crippen molar-refractivity contribution in [2.24, 2.45) is 11.8 Å². The zero-order valence-electron chi connectivity index (χ0n) is 17.9. The molecule has 1 N–H and O–H groups in total. The molecule has 1 aromatic heterocycles. The van der Waals surface area contributed by atoms with Crippen molar-refractivity contribution < 1.29 is 18.4 Å². The van der Waals surface area contributed by atoms with Crippen molar-refractivity contribution in [3.8, 4) is 0 Å². The Morgan fingerprint density at radius 1 is 1.09 bits per heavy atom. The zero-order chi connectivity index (χ0) is 22.9. The first-order valence-electron chi connectivity index (χ1n) is 11.6. The number of hydrogen-bond donors (Lipinski definition) is 1. The van der Waals surface area contributed by atoms with Gasteiger partial charge in [-0.1, -0.05) is 11.6 Å². The third-order valence-electron chi connectivity index (χ3n) is 7.46. The van der Waals surface area contributed by atoms with Gasteiger partial charge in [0, 0.05) is 17.8 Å². The van der Waals surface area contributed by atoms with Crippen molar-refractivity contribution in [2.75, 3.05) is 0 Å². The Hall–Kier alpha value is -2.54. The maximum Gasteiger partial charge on any atom is 0.273 e. The topological polar surface area (TPSA) is 62.3 Å². The summed E-state index contributed by atoms with van der Waals surface area (Å²) in [4.78, 5) is 32.7. The van der Waals surface area contributed by atoms with Crippen LogP contribution in [0, 0.1) is 23.5 Å². The Morgan fingerprint density at radius 3 is 2.61 bits per heavy atom. The number of rotatable bonds is 6. The van der Waals surface area contributed by atoms with Crippen LogP contribution in [0.2, 0.25) is 5.02 Å². The zero-order valence-corrected chi connectivity index (χ0v) is 18.7. The van der Waals surface area contributed by atoms with E-state index in [2.05, 4.69) is 10.3 Å². The highest BCUT2D eigenvalue weighted by Crippen LogP contribution is 2.49. The fourth-order valence-electron chi connectivity index (χ4n) is 5.25. The number of carbonyl (C=O) groups is 2. The van der Waals surface area contributed by atoms with E-state index in [1.807, 2.05) is 12.1 Å². The highest BCUT2D eigenvalue weighted by molar-refractivity contribution is 6.30. The van der Waals surface area contributed by atoms with Crippen LogP contribution in [0.15, 0.2) is 30.5 Å². The molecule has 5 nitrogen and oxygen atoms in total. The summed E-state index contributed by atoms with van der Waals surface area (Å²) in [5, 5.41) is 2.65. The summed E-state index contributed by atoms with van der Waals surface area (Å²) in [7, 11) is 0. The number of carbonyl (C=O) groups excluding carboxylic acids is 2. The SMILES string of the molecule is O=C(N[C@@H](c1cc(F)c(Cl)cc1F)C1CC1)[C@H]1C[C@H]2C[C@H]2N1C(=O)c1cc(C2CC2)ccn1. The fraction of sp³-hybridized carbons (Fsp3) is 0.480. The molecule has 0 unspecified atom stereocenters. The predicted molar refractivity (Wildman–Crippen MR) is 118 cm³/mol. The number of amides is 2. The third kappa shape index (κ3) is 3.90. The van der Waals surface area contributed by atoms with Gasteiger partial charge >= 0.3 is 0 Å². The Kier molecular flexibility index (Phi) is 4.94. The average molecular weight is 472 g/mol. The Balaban J connectivity index is 1.24. The summed E-state index contributed by atoms with van der Waals surface area (Å²) >= 11 is 5.71. The van der Waals surface area contributed by atoms with E-state index < -0.39 is 23.7 Å². The molecule has 2 amide bonds. The molecule has 4 aliphatic rings. The number of likely N-dealkylation sites (tertiary alicyclic amines) is 1. The van der Waals surface area contributed by atoms with Crippen molar-refractivity contribution in [3.63, 3.8) is 0 Å². The van der Waals surface area contributed by atoms with Gasteiger partial charge in [-0.25, -0.2) is 8.78 Å². The number of aromatic nitrogens is 1. The number of halogens is 3. The molecule has 0 bridgehead atoms. The van der Waals surface area contributed by atoms with Gasteiger partial charge in [-0.2, -0.15) is 0 Å². The lowest BCUT2D eigenvalue weighted by Gasteiger charge is -2.29. The molecule has 1 aromatic carbocycles. The molecule has 2 heterocycles. The van der Waals surface area contributed by atoms with Gasteiger partial charge in [0.05, 0.1) is 11.1 Å². The molecule has 4 atom stereocenters. The van der Waals surface area contributed by atoms with Crippen molar-refractivity contribution in [3.05, 3.63) is 63.9 Å². The van der Waals surface area contributed by atoms with Gasteiger partial charge < -0.3 is 10.2 Å². The van der Waals surface area contributed by atoms with Gasteiger partial charge in [0.1, 0.15) is 23.4 Å². The van der Waals surface area contributed by atoms with E-state index in [1.54, 1.807) is 11.1 Å². The smallest absolute Gasteiger partial charge is 0.273 e. The fourth-order valence-corrected chi connectivity index (χ4v) is 5.40. The van der Waals surface area contributed by atoms with E-state index in [-0.39, 0.29) is 34.4 Å². The lowest BCUT2D eigenvalue weighted by molar-refractivity contribution is -0.126. The second-order valence-corrected chi connectivity index (χ2v) is 10.3. The number of nitrogens with zero attached hydrogens (tertiary/aromatic N) is 2. The quantitative estimate of drug-likeness (QED) is 0.618. The van der Waals surface area contributed by atoms with E-state index in [1.165, 1.54) is 0 Å². The predicted octanol–water partition coefficient (Wildman–Crippen LogP) is 4.76. The van der Waals surface area contributed by atoms with E-state index in [0.717, 1.165) is 49.8 Å². The summed E-state index contributed by atoms with van der Waals surface area (Å²) < 4.78 is 28.7. The van der Waals surface area contributed by atoms with Crippen molar-refractivity contribution in [1.82, 2.24) is 15.2 Å². The molecule has 1 aliphatic heterocycles. The van der Waals surface area contributed by atoms with Crippen LogP contribution in [0.1, 0.15) is 72.1 Å². The first-order chi connectivity index (χ1) is 15.9. The summed E-state index contributed by atoms with van der Waals surface area (Å²) in [5.41, 5.74) is 1.59. The van der Waals surface area contributed by atoms with Crippen LogP contribution >= 0.6 is 11.6 Å². The van der Waals surface area contributed by atoms with E-state index >= 15 is 0 Å². The second-order valence-electron chi connectivity index (χ2n) is 9.89. The first kappa shape index (κ1) is 21.0. The van der Waals surface area contributed by atoms with Crippen molar-refractivity contribution in [2.45, 2.75) is 62.6 Å². The van der Waals surface area contributed by atoms with Crippen LogP contribution in [0.3, 0.4) is 0 Å². The van der Waals surface area contributed by atoms with E-state index in [4.69, 9.17) is 11.6 Å². The maximum absolute atomic E-state index is 14.6. The van der Waals surface area contributed by atoms with Crippen LogP contribution in [-0.2, 0) is 4.79 Å². The number of nitrogens with one attached hydrogen (secondary N) is 1. The molecule has 8 heteroatoms. The van der Waals surface area contributed by atoms with Gasteiger partial charge in [0.15, 0.2) is 0 Å². The highest BCUT2D eigenvalue weighted by atomic mass is 35.5. The van der Waals surface area contributed by atoms with Gasteiger partial charge in [0.25, 0.3) is 5.91 Å². The van der Waals surface area contributed by atoms with E-state index in [9.17, 15) is 18.4 Å². The summed E-state index contributed by atoms with van der Waals surface area (Å²) in [6.07, 6.45) is 7.04. The molecule has 3 aliphatic carbocycles. The van der Waals surface area contributed by atoms with Crippen molar-refractivity contribution >= 4 is 23.4 Å². The van der Waals surface area contributed by atoms with Crippen LogP contribution < -0.4 is 5.32 Å². The Morgan fingerprint density at radius 2 is 1.88 bits per heavy atom. The highest BCUT2D eigenvalue weighted by Gasteiger charge is 2.56. The molecule has 2 aromatic rings. The minimum atomic E-state index is -0.714. The molecule has 3 saturated carbocycles. The molecular formula is C25H24ClF2N3O2. The van der Waals surface area contributed by atoms with Crippen LogP contribution in [0.4, 0.5) is 8.78 Å². The largest absolute Gasteiger partial charge is 0.347 e. The van der Waals surface area contributed by atoms with Gasteiger partial charge in [0.2, 0.25) is 5.91 Å². The minimum Gasteiger partial charge on any atom is -0.347 e. The molecular weight excluding hydrogens is 448 g/mol. The molecule has 0 radical (unpaired) electrons. The Labute approximate surface area is 195 Å². The Bertz CT molecular complexity index is 1150. The normalized spacial score (nSPS) is 26.6. The number of fused-ring (bicyclic) bond motifs is 1. The number of hydrogen-bond acceptors (Lipinski definition) is 3. The molecule has 172 valence electrons. The van der Waals surface area contributed by atoms with Gasteiger partial charge in [-0.05, 0) is 86.1 Å². The van der Waals surface area contributed by atoms with Gasteiger partial charge in [-0.3, -0.25) is 14.6 Å². The molecule has 0 spiro atoms. The molecule has 1 saturated heterocycles. The number of pyridine rings is 1. The maximum atomic E-state index is 14.6. The monoisotopic (exact) mass is 471 g/mol. The van der Waals surface area contributed by atoms with Crippen molar-refractivity contribution in [1.29, 1.82) is 0 Å². The first-order valence-corrected chi connectivity index (χ1v) is 12.0. The van der Waals surface area contributed by atoms with Crippen LogP contribution in [0.25, 0.3) is 0 Å². The van der Waals surface area contributed by atoms with Crippen LogP contribution in [0.5, 0.6) is 0 Å².